The molecule has 162 valence electrons. The minimum absolute atomic E-state index is 0.00915. The van der Waals surface area contributed by atoms with Crippen LogP contribution in [0.3, 0.4) is 0 Å². The number of ketones is 1. The summed E-state index contributed by atoms with van der Waals surface area (Å²) in [5.74, 6) is 2.07. The molecule has 31 heavy (non-hydrogen) atoms. The van der Waals surface area contributed by atoms with Crippen molar-refractivity contribution in [2.45, 2.75) is 26.4 Å². The van der Waals surface area contributed by atoms with Crippen LogP contribution in [0, 0.1) is 0 Å². The third-order valence-corrected chi connectivity index (χ3v) is 5.13. The topological polar surface area (TPSA) is 65.0 Å². The Morgan fingerprint density at radius 3 is 1.94 bits per heavy atom. The Hall–Kier alpha value is -3.31. The number of aliphatic hydroxyl groups excluding tert-OH is 1. The molecule has 0 atom stereocenters. The molecule has 0 aromatic heterocycles. The van der Waals surface area contributed by atoms with Crippen LogP contribution in [0.25, 0.3) is 22.3 Å². The SMILES string of the molecule is CCCC(=O)COc1ccc(-c2ccc(OC)cc2)c(-c2ccc(OC)cc2)c1CO. The van der Waals surface area contributed by atoms with Crippen molar-refractivity contribution in [3.8, 4) is 39.5 Å². The second kappa shape index (κ2) is 10.6. The fourth-order valence-electron chi connectivity index (χ4n) is 3.53. The molecule has 3 aromatic rings. The van der Waals surface area contributed by atoms with Crippen LogP contribution in [-0.2, 0) is 11.4 Å². The van der Waals surface area contributed by atoms with Gasteiger partial charge in [0.1, 0.15) is 23.9 Å². The lowest BCUT2D eigenvalue weighted by Crippen LogP contribution is -2.12. The van der Waals surface area contributed by atoms with E-state index in [2.05, 4.69) is 0 Å². The van der Waals surface area contributed by atoms with Crippen LogP contribution < -0.4 is 14.2 Å². The molecule has 0 unspecified atom stereocenters. The first-order valence-corrected chi connectivity index (χ1v) is 10.3. The molecule has 0 aliphatic rings. The molecule has 0 fully saturated rings. The second-order valence-electron chi connectivity index (χ2n) is 7.16. The van der Waals surface area contributed by atoms with Gasteiger partial charge in [0.15, 0.2) is 5.78 Å². The molecular weight excluding hydrogens is 392 g/mol. The van der Waals surface area contributed by atoms with E-state index in [1.807, 2.05) is 67.6 Å². The van der Waals surface area contributed by atoms with Crippen LogP contribution in [0.15, 0.2) is 60.7 Å². The first-order valence-electron chi connectivity index (χ1n) is 10.3. The number of rotatable bonds is 10. The van der Waals surface area contributed by atoms with E-state index in [0.29, 0.717) is 17.7 Å². The minimum atomic E-state index is -0.220. The second-order valence-corrected chi connectivity index (χ2v) is 7.16. The molecule has 3 rings (SSSR count). The van der Waals surface area contributed by atoms with Gasteiger partial charge in [-0.25, -0.2) is 0 Å². The van der Waals surface area contributed by atoms with Crippen molar-refractivity contribution in [1.29, 1.82) is 0 Å². The number of carbonyl (C=O) groups is 1. The molecule has 0 radical (unpaired) electrons. The molecule has 0 spiro atoms. The monoisotopic (exact) mass is 420 g/mol. The molecule has 5 heteroatoms. The fraction of sp³-hybridized carbons (Fsp3) is 0.269. The molecule has 0 amide bonds. The van der Waals surface area contributed by atoms with Crippen LogP contribution in [0.4, 0.5) is 0 Å². The highest BCUT2D eigenvalue weighted by atomic mass is 16.5. The average Bonchev–Trinajstić information content (AvgIpc) is 2.82. The number of Topliss-reactive ketones (excluding diaryl/α,β-unsaturated/α-hetero) is 1. The molecule has 0 saturated heterocycles. The molecule has 3 aromatic carbocycles. The van der Waals surface area contributed by atoms with E-state index in [1.54, 1.807) is 14.2 Å². The Morgan fingerprint density at radius 2 is 1.42 bits per heavy atom. The number of ether oxygens (including phenoxy) is 3. The van der Waals surface area contributed by atoms with Gasteiger partial charge in [-0.05, 0) is 59.0 Å². The number of hydrogen-bond acceptors (Lipinski definition) is 5. The van der Waals surface area contributed by atoms with E-state index in [-0.39, 0.29) is 19.0 Å². The van der Waals surface area contributed by atoms with Crippen molar-refractivity contribution < 1.29 is 24.1 Å². The van der Waals surface area contributed by atoms with Crippen LogP contribution >= 0.6 is 0 Å². The zero-order valence-corrected chi connectivity index (χ0v) is 18.2. The third-order valence-electron chi connectivity index (χ3n) is 5.13. The van der Waals surface area contributed by atoms with Gasteiger partial charge in [0.25, 0.3) is 0 Å². The average molecular weight is 421 g/mol. The van der Waals surface area contributed by atoms with Gasteiger partial charge in [-0.1, -0.05) is 37.3 Å². The molecule has 0 heterocycles. The summed E-state index contributed by atoms with van der Waals surface area (Å²) in [5.41, 5.74) is 4.35. The number of carbonyl (C=O) groups excluding carboxylic acids is 1. The highest BCUT2D eigenvalue weighted by Crippen LogP contribution is 2.40. The van der Waals surface area contributed by atoms with Gasteiger partial charge in [-0.2, -0.15) is 0 Å². The molecule has 0 aliphatic carbocycles. The first kappa shape index (κ1) is 22.4. The van der Waals surface area contributed by atoms with E-state index < -0.39 is 0 Å². The zero-order chi connectivity index (χ0) is 22.2. The first-order chi connectivity index (χ1) is 15.1. The van der Waals surface area contributed by atoms with Gasteiger partial charge in [0, 0.05) is 12.0 Å². The van der Waals surface area contributed by atoms with Gasteiger partial charge in [-0.15, -0.1) is 0 Å². The summed E-state index contributed by atoms with van der Waals surface area (Å²) in [5, 5.41) is 10.3. The lowest BCUT2D eigenvalue weighted by Gasteiger charge is -2.19. The number of benzene rings is 3. The Balaban J connectivity index is 2.11. The van der Waals surface area contributed by atoms with Crippen LogP contribution in [0.2, 0.25) is 0 Å². The number of aliphatic hydroxyl groups is 1. The third kappa shape index (κ3) is 5.25. The molecule has 5 nitrogen and oxygen atoms in total. The Morgan fingerprint density at radius 1 is 0.839 bits per heavy atom. The Bertz CT molecular complexity index is 1010. The van der Waals surface area contributed by atoms with Crippen molar-refractivity contribution in [2.75, 3.05) is 20.8 Å². The van der Waals surface area contributed by atoms with Gasteiger partial charge in [0.2, 0.25) is 0 Å². The lowest BCUT2D eigenvalue weighted by molar-refractivity contribution is -0.121. The highest BCUT2D eigenvalue weighted by molar-refractivity contribution is 5.88. The maximum Gasteiger partial charge on any atom is 0.170 e. The van der Waals surface area contributed by atoms with Crippen LogP contribution in [0.1, 0.15) is 25.3 Å². The summed E-state index contributed by atoms with van der Waals surface area (Å²) in [6.07, 6.45) is 1.26. The number of methoxy groups -OCH3 is 2. The predicted molar refractivity (Wildman–Crippen MR) is 122 cm³/mol. The van der Waals surface area contributed by atoms with E-state index in [4.69, 9.17) is 14.2 Å². The summed E-state index contributed by atoms with van der Waals surface area (Å²) in [7, 11) is 3.26. The van der Waals surface area contributed by atoms with Gasteiger partial charge in [-0.3, -0.25) is 4.79 Å². The maximum absolute atomic E-state index is 12.0. The van der Waals surface area contributed by atoms with Crippen LogP contribution in [0.5, 0.6) is 17.2 Å². The Labute approximate surface area is 183 Å². The zero-order valence-electron chi connectivity index (χ0n) is 18.2. The maximum atomic E-state index is 12.0. The largest absolute Gasteiger partial charge is 0.497 e. The summed E-state index contributed by atoms with van der Waals surface area (Å²) in [4.78, 5) is 12.0. The van der Waals surface area contributed by atoms with Crippen molar-refractivity contribution in [3.05, 3.63) is 66.2 Å². The smallest absolute Gasteiger partial charge is 0.170 e. The van der Waals surface area contributed by atoms with E-state index in [0.717, 1.165) is 40.2 Å². The summed E-state index contributed by atoms with van der Waals surface area (Å²) >= 11 is 0. The fourth-order valence-corrected chi connectivity index (χ4v) is 3.53. The molecule has 0 saturated carbocycles. The normalized spacial score (nSPS) is 10.6. The Kier molecular flexibility index (Phi) is 7.68. The number of hydrogen-bond donors (Lipinski definition) is 1. The van der Waals surface area contributed by atoms with E-state index >= 15 is 0 Å². The predicted octanol–water partition coefficient (Wildman–Crippen LogP) is 5.28. The molecular formula is C26H28O5. The van der Waals surface area contributed by atoms with Gasteiger partial charge in [0.05, 0.1) is 20.8 Å². The molecule has 1 N–H and O–H groups in total. The highest BCUT2D eigenvalue weighted by Gasteiger charge is 2.18. The minimum Gasteiger partial charge on any atom is -0.497 e. The lowest BCUT2D eigenvalue weighted by atomic mass is 9.90. The van der Waals surface area contributed by atoms with Crippen molar-refractivity contribution in [1.82, 2.24) is 0 Å². The summed E-state index contributed by atoms with van der Waals surface area (Å²) in [6.45, 7) is 1.73. The molecule has 0 bridgehead atoms. The van der Waals surface area contributed by atoms with E-state index in [9.17, 15) is 9.90 Å². The van der Waals surface area contributed by atoms with E-state index in [1.165, 1.54) is 0 Å². The van der Waals surface area contributed by atoms with Crippen molar-refractivity contribution in [2.24, 2.45) is 0 Å². The quantitative estimate of drug-likeness (QED) is 0.484. The van der Waals surface area contributed by atoms with Gasteiger partial charge >= 0.3 is 0 Å². The van der Waals surface area contributed by atoms with Crippen molar-refractivity contribution >= 4 is 5.78 Å². The standard InChI is InChI=1S/C26H28O5/c1-4-5-20(28)17-31-25-15-14-23(18-6-10-21(29-2)11-7-18)26(24(25)16-27)19-8-12-22(30-3)13-9-19/h6-15,27H,4-5,16-17H2,1-3H3. The summed E-state index contributed by atoms with van der Waals surface area (Å²) < 4.78 is 16.4. The van der Waals surface area contributed by atoms with Crippen molar-refractivity contribution in [3.63, 3.8) is 0 Å². The molecule has 0 aliphatic heterocycles. The van der Waals surface area contributed by atoms with Gasteiger partial charge < -0.3 is 19.3 Å². The summed E-state index contributed by atoms with van der Waals surface area (Å²) in [6, 6.07) is 19.2. The van der Waals surface area contributed by atoms with Crippen LogP contribution in [-0.4, -0.2) is 31.7 Å².